The highest BCUT2D eigenvalue weighted by Crippen LogP contribution is 1.83. The average molecular weight is 196 g/mol. The standard InChI is InChI=1S/C5H5NO.C3H3NO3/c7-5-2-1-3-6-4-5;4-2(1-5)3(6)7/h1-3H,4H2;4H2,(H,6,7). The number of aliphatic imine (C=N–C) groups is 1. The van der Waals surface area contributed by atoms with Crippen molar-refractivity contribution in [1.29, 1.82) is 0 Å². The quantitative estimate of drug-likeness (QED) is 0.410. The van der Waals surface area contributed by atoms with Crippen molar-refractivity contribution in [2.75, 3.05) is 6.54 Å². The van der Waals surface area contributed by atoms with E-state index in [0.717, 1.165) is 5.94 Å². The number of carbonyl (C=O) groups excluding carboxylic acids is 2. The smallest absolute Gasteiger partial charge is 0.363 e. The molecule has 0 spiro atoms. The molecule has 0 saturated carbocycles. The van der Waals surface area contributed by atoms with Crippen molar-refractivity contribution >= 4 is 23.9 Å². The number of hydrogen-bond donors (Lipinski definition) is 2. The number of ketones is 1. The van der Waals surface area contributed by atoms with Crippen LogP contribution in [0.2, 0.25) is 0 Å². The molecule has 0 aromatic rings. The van der Waals surface area contributed by atoms with Gasteiger partial charge in [0, 0.05) is 6.21 Å². The molecule has 1 aliphatic rings. The Labute approximate surface area is 79.4 Å². The number of rotatable bonds is 1. The molecule has 1 heterocycles. The van der Waals surface area contributed by atoms with Crippen molar-refractivity contribution in [3.63, 3.8) is 0 Å². The van der Waals surface area contributed by atoms with Gasteiger partial charge in [-0.2, -0.15) is 0 Å². The fourth-order valence-electron chi connectivity index (χ4n) is 0.450. The van der Waals surface area contributed by atoms with E-state index in [4.69, 9.17) is 5.11 Å². The van der Waals surface area contributed by atoms with Crippen molar-refractivity contribution in [1.82, 2.24) is 0 Å². The zero-order chi connectivity index (χ0) is 11.0. The summed E-state index contributed by atoms with van der Waals surface area (Å²) < 4.78 is 0. The number of aliphatic carboxylic acids is 1. The van der Waals surface area contributed by atoms with E-state index >= 15 is 0 Å². The fraction of sp³-hybridized carbons (Fsp3) is 0.125. The lowest BCUT2D eigenvalue weighted by Gasteiger charge is -1.88. The summed E-state index contributed by atoms with van der Waals surface area (Å²) in [5.74, 6) is -0.340. The van der Waals surface area contributed by atoms with Gasteiger partial charge in [-0.15, -0.1) is 0 Å². The van der Waals surface area contributed by atoms with Crippen LogP contribution in [0.25, 0.3) is 0 Å². The number of hydrogen-bond acceptors (Lipinski definition) is 5. The van der Waals surface area contributed by atoms with E-state index in [1.165, 1.54) is 6.08 Å². The summed E-state index contributed by atoms with van der Waals surface area (Å²) in [4.78, 5) is 32.7. The molecule has 0 radical (unpaired) electrons. The molecule has 0 saturated heterocycles. The van der Waals surface area contributed by atoms with Crippen LogP contribution in [0.1, 0.15) is 0 Å². The second-order valence-corrected chi connectivity index (χ2v) is 2.14. The summed E-state index contributed by atoms with van der Waals surface area (Å²) in [5.41, 5.74) is 3.72. The molecule has 14 heavy (non-hydrogen) atoms. The number of carboxylic acids is 1. The molecule has 3 N–H and O–H groups in total. The van der Waals surface area contributed by atoms with Crippen molar-refractivity contribution < 1.29 is 19.5 Å². The molecule has 0 bridgehead atoms. The molecule has 0 amide bonds. The zero-order valence-corrected chi connectivity index (χ0v) is 7.14. The van der Waals surface area contributed by atoms with Crippen LogP contribution in [0.5, 0.6) is 0 Å². The highest BCUT2D eigenvalue weighted by molar-refractivity contribution is 5.98. The fourth-order valence-corrected chi connectivity index (χ4v) is 0.450. The van der Waals surface area contributed by atoms with Crippen molar-refractivity contribution in [2.24, 2.45) is 10.7 Å². The van der Waals surface area contributed by atoms with Gasteiger partial charge in [-0.05, 0) is 12.2 Å². The molecule has 6 nitrogen and oxygen atoms in total. The Hall–Kier alpha value is -2.20. The molecule has 0 unspecified atom stereocenters. The van der Waals surface area contributed by atoms with Gasteiger partial charge in [0.25, 0.3) is 0 Å². The van der Waals surface area contributed by atoms with Gasteiger partial charge in [0.1, 0.15) is 6.54 Å². The van der Waals surface area contributed by atoms with Crippen LogP contribution in [0.15, 0.2) is 22.8 Å². The summed E-state index contributed by atoms with van der Waals surface area (Å²) in [6.45, 7) is 0.330. The van der Waals surface area contributed by atoms with Gasteiger partial charge in [0.15, 0.2) is 11.7 Å². The normalized spacial score (nSPS) is 12.4. The predicted octanol–water partition coefficient (Wildman–Crippen LogP) is -1.06. The Kier molecular flexibility index (Phi) is 5.34. The lowest BCUT2D eigenvalue weighted by Crippen LogP contribution is -2.09. The van der Waals surface area contributed by atoms with Gasteiger partial charge in [0.05, 0.1) is 0 Å². The maximum absolute atomic E-state index is 10.3. The second-order valence-electron chi connectivity index (χ2n) is 2.14. The van der Waals surface area contributed by atoms with Crippen molar-refractivity contribution in [2.45, 2.75) is 0 Å². The Morgan fingerprint density at radius 2 is 2.29 bits per heavy atom. The van der Waals surface area contributed by atoms with Gasteiger partial charge in [-0.1, -0.05) is 0 Å². The minimum Gasteiger partial charge on any atom is -0.476 e. The largest absolute Gasteiger partial charge is 0.476 e. The van der Waals surface area contributed by atoms with Crippen LogP contribution in [0.3, 0.4) is 0 Å². The molecule has 6 heteroatoms. The van der Waals surface area contributed by atoms with Gasteiger partial charge >= 0.3 is 5.97 Å². The number of nitrogens with two attached hydrogens (primary N) is 1. The van der Waals surface area contributed by atoms with E-state index in [1.54, 1.807) is 12.3 Å². The minimum atomic E-state index is -1.44. The minimum absolute atomic E-state index is 0.0856. The molecule has 0 atom stereocenters. The second kappa shape index (κ2) is 6.33. The molecular weight excluding hydrogens is 188 g/mol. The summed E-state index contributed by atoms with van der Waals surface area (Å²) in [7, 11) is 0. The van der Waals surface area contributed by atoms with E-state index in [-0.39, 0.29) is 5.78 Å². The number of carboxylic acid groups (broad SMARTS) is 1. The maximum atomic E-state index is 10.3. The van der Waals surface area contributed by atoms with Crippen LogP contribution in [0.4, 0.5) is 0 Å². The number of dihydropyridines is 1. The van der Waals surface area contributed by atoms with E-state index < -0.39 is 11.7 Å². The third-order valence-electron chi connectivity index (χ3n) is 1.06. The first-order chi connectivity index (χ1) is 6.57. The zero-order valence-electron chi connectivity index (χ0n) is 7.14. The summed E-state index contributed by atoms with van der Waals surface area (Å²) in [6.07, 6.45) is 4.79. The average Bonchev–Trinajstić information content (AvgIpc) is 2.18. The SMILES string of the molecule is NC(=C=O)C(=O)O.O=C1C=CC=NC1. The van der Waals surface area contributed by atoms with Crippen LogP contribution < -0.4 is 5.73 Å². The van der Waals surface area contributed by atoms with Gasteiger partial charge in [0.2, 0.25) is 5.70 Å². The molecule has 0 aromatic carbocycles. The number of nitrogens with zero attached hydrogens (tertiary/aromatic N) is 1. The van der Waals surface area contributed by atoms with Gasteiger partial charge in [-0.3, -0.25) is 9.79 Å². The van der Waals surface area contributed by atoms with Crippen molar-refractivity contribution in [3.8, 4) is 0 Å². The molecule has 0 aliphatic carbocycles. The van der Waals surface area contributed by atoms with Crippen LogP contribution in [0, 0.1) is 0 Å². The third kappa shape index (κ3) is 5.45. The van der Waals surface area contributed by atoms with E-state index in [2.05, 4.69) is 10.7 Å². The molecular formula is C8H8N2O4. The molecule has 0 fully saturated rings. The molecule has 74 valence electrons. The van der Waals surface area contributed by atoms with E-state index in [0.29, 0.717) is 6.54 Å². The van der Waals surface area contributed by atoms with Crippen molar-refractivity contribution in [3.05, 3.63) is 17.8 Å². The first-order valence-corrected chi connectivity index (χ1v) is 3.51. The maximum Gasteiger partial charge on any atom is 0.363 e. The summed E-state index contributed by atoms with van der Waals surface area (Å²) in [5, 5.41) is 7.76. The first-order valence-electron chi connectivity index (χ1n) is 3.51. The molecule has 1 rings (SSSR count). The predicted molar refractivity (Wildman–Crippen MR) is 48.5 cm³/mol. The lowest BCUT2D eigenvalue weighted by atomic mass is 10.3. The Bertz CT molecular complexity index is 337. The lowest BCUT2D eigenvalue weighted by molar-refractivity contribution is -0.132. The monoisotopic (exact) mass is 196 g/mol. The van der Waals surface area contributed by atoms with Gasteiger partial charge < -0.3 is 10.8 Å². The topological polar surface area (TPSA) is 110 Å². The Morgan fingerprint density at radius 3 is 2.43 bits per heavy atom. The van der Waals surface area contributed by atoms with Crippen LogP contribution >= 0.6 is 0 Å². The van der Waals surface area contributed by atoms with E-state index in [9.17, 15) is 14.4 Å². The number of allylic oxidation sites excluding steroid dienone is 1. The summed E-state index contributed by atoms with van der Waals surface area (Å²) >= 11 is 0. The highest BCUT2D eigenvalue weighted by atomic mass is 16.4. The Balaban J connectivity index is 0.000000241. The third-order valence-corrected chi connectivity index (χ3v) is 1.06. The Morgan fingerprint density at radius 1 is 1.64 bits per heavy atom. The molecule has 1 aliphatic heterocycles. The number of carbonyl (C=O) groups is 2. The summed E-state index contributed by atoms with van der Waals surface area (Å²) in [6, 6.07) is 0. The first kappa shape index (κ1) is 11.8. The van der Waals surface area contributed by atoms with E-state index in [1.807, 2.05) is 0 Å². The van der Waals surface area contributed by atoms with Crippen LogP contribution in [-0.4, -0.2) is 35.6 Å². The van der Waals surface area contributed by atoms with Gasteiger partial charge in [-0.25, -0.2) is 9.59 Å². The van der Waals surface area contributed by atoms with Crippen LogP contribution in [-0.2, 0) is 14.4 Å². The highest BCUT2D eigenvalue weighted by Gasteiger charge is 1.97. The molecule has 0 aromatic heterocycles.